The van der Waals surface area contributed by atoms with Gasteiger partial charge in [-0.1, -0.05) is 34.1 Å². The highest BCUT2D eigenvalue weighted by Crippen LogP contribution is 2.18. The summed E-state index contributed by atoms with van der Waals surface area (Å²) in [5.74, 6) is 1.47. The molecule has 1 heterocycles. The van der Waals surface area contributed by atoms with E-state index in [1.54, 1.807) is 0 Å². The number of anilines is 1. The van der Waals surface area contributed by atoms with Crippen LogP contribution in [0.15, 0.2) is 40.9 Å². The van der Waals surface area contributed by atoms with Crippen LogP contribution in [0.2, 0.25) is 0 Å². The van der Waals surface area contributed by atoms with Crippen LogP contribution >= 0.6 is 27.5 Å². The summed E-state index contributed by atoms with van der Waals surface area (Å²) in [6.45, 7) is 2.82. The van der Waals surface area contributed by atoms with Crippen LogP contribution in [-0.4, -0.2) is 12.0 Å². The highest BCUT2D eigenvalue weighted by Gasteiger charge is 2.06. The summed E-state index contributed by atoms with van der Waals surface area (Å²) in [6.07, 6.45) is 0. The average Bonchev–Trinajstić information content (AvgIpc) is 2.38. The van der Waals surface area contributed by atoms with E-state index in [9.17, 15) is 0 Å². The summed E-state index contributed by atoms with van der Waals surface area (Å²) >= 11 is 9.34. The van der Waals surface area contributed by atoms with Gasteiger partial charge in [0.15, 0.2) is 0 Å². The fourth-order valence-corrected chi connectivity index (χ4v) is 2.65. The smallest absolute Gasteiger partial charge is 0.128 e. The first-order chi connectivity index (χ1) is 9.10. The minimum Gasteiger partial charge on any atom is -0.355 e. The van der Waals surface area contributed by atoms with E-state index in [0.29, 0.717) is 5.88 Å². The number of benzene rings is 1. The van der Waals surface area contributed by atoms with Gasteiger partial charge in [-0.05, 0) is 36.2 Å². The fraction of sp³-hybridized carbons (Fsp3) is 0.267. The maximum Gasteiger partial charge on any atom is 0.128 e. The third-order valence-electron chi connectivity index (χ3n) is 3.02. The van der Waals surface area contributed by atoms with Gasteiger partial charge < -0.3 is 4.90 Å². The SMILES string of the molecule is Cc1nc(N(C)Cc2cccc(Br)c2)ccc1CCl. The molecule has 4 heteroatoms. The summed E-state index contributed by atoms with van der Waals surface area (Å²) in [5, 5.41) is 0. The molecule has 19 heavy (non-hydrogen) atoms. The molecule has 0 spiro atoms. The summed E-state index contributed by atoms with van der Waals surface area (Å²) in [4.78, 5) is 6.72. The second-order valence-corrected chi connectivity index (χ2v) is 5.72. The minimum atomic E-state index is 0.508. The molecule has 0 unspecified atom stereocenters. The van der Waals surface area contributed by atoms with Crippen LogP contribution < -0.4 is 4.90 Å². The fourth-order valence-electron chi connectivity index (χ4n) is 1.92. The molecule has 1 aromatic heterocycles. The van der Waals surface area contributed by atoms with Crippen LogP contribution in [0.1, 0.15) is 16.8 Å². The molecule has 0 saturated heterocycles. The monoisotopic (exact) mass is 338 g/mol. The first kappa shape index (κ1) is 14.4. The molecule has 0 aliphatic rings. The van der Waals surface area contributed by atoms with Crippen LogP contribution in [0.5, 0.6) is 0 Å². The Kier molecular flexibility index (Phi) is 4.83. The zero-order valence-corrected chi connectivity index (χ0v) is 13.4. The Morgan fingerprint density at radius 3 is 2.68 bits per heavy atom. The van der Waals surface area contributed by atoms with Gasteiger partial charge in [-0.25, -0.2) is 4.98 Å². The Balaban J connectivity index is 2.15. The molecule has 0 amide bonds. The van der Waals surface area contributed by atoms with Crippen molar-refractivity contribution in [3.05, 3.63) is 57.7 Å². The maximum absolute atomic E-state index is 5.85. The second-order valence-electron chi connectivity index (χ2n) is 4.53. The van der Waals surface area contributed by atoms with Gasteiger partial charge in [0.25, 0.3) is 0 Å². The topological polar surface area (TPSA) is 16.1 Å². The molecular weight excluding hydrogens is 324 g/mol. The highest BCUT2D eigenvalue weighted by molar-refractivity contribution is 9.10. The van der Waals surface area contributed by atoms with Gasteiger partial charge in [0.05, 0.1) is 0 Å². The number of hydrogen-bond acceptors (Lipinski definition) is 2. The maximum atomic E-state index is 5.85. The lowest BCUT2D eigenvalue weighted by Gasteiger charge is -2.19. The Bertz CT molecular complexity index is 572. The zero-order valence-electron chi connectivity index (χ0n) is 11.0. The molecule has 0 aliphatic heterocycles. The predicted molar refractivity (Wildman–Crippen MR) is 84.8 cm³/mol. The third-order valence-corrected chi connectivity index (χ3v) is 3.81. The normalized spacial score (nSPS) is 10.5. The molecular formula is C15H16BrClN2. The highest BCUT2D eigenvalue weighted by atomic mass is 79.9. The number of alkyl halides is 1. The number of rotatable bonds is 4. The van der Waals surface area contributed by atoms with E-state index in [0.717, 1.165) is 28.1 Å². The van der Waals surface area contributed by atoms with Crippen molar-refractivity contribution in [2.75, 3.05) is 11.9 Å². The number of aryl methyl sites for hydroxylation is 1. The van der Waals surface area contributed by atoms with Gasteiger partial charge in [-0.3, -0.25) is 0 Å². The standard InChI is InChI=1S/C15H16BrClN2/c1-11-13(9-17)6-7-15(18-11)19(2)10-12-4-3-5-14(16)8-12/h3-8H,9-10H2,1-2H3. The van der Waals surface area contributed by atoms with Crippen LogP contribution in [0.25, 0.3) is 0 Å². The summed E-state index contributed by atoms with van der Waals surface area (Å²) in [5.41, 5.74) is 3.33. The van der Waals surface area contributed by atoms with Gasteiger partial charge in [0, 0.05) is 29.6 Å². The molecule has 100 valence electrons. The van der Waals surface area contributed by atoms with Crippen molar-refractivity contribution in [2.24, 2.45) is 0 Å². The summed E-state index contributed by atoms with van der Waals surface area (Å²) in [6, 6.07) is 12.4. The summed E-state index contributed by atoms with van der Waals surface area (Å²) < 4.78 is 1.10. The van der Waals surface area contributed by atoms with E-state index in [2.05, 4.69) is 37.9 Å². The van der Waals surface area contributed by atoms with Gasteiger partial charge >= 0.3 is 0 Å². The van der Waals surface area contributed by atoms with Crippen LogP contribution in [0.4, 0.5) is 5.82 Å². The molecule has 0 atom stereocenters. The van der Waals surface area contributed by atoms with Crippen molar-refractivity contribution >= 4 is 33.3 Å². The molecule has 0 radical (unpaired) electrons. The Hall–Kier alpha value is -1.06. The van der Waals surface area contributed by atoms with Crippen molar-refractivity contribution < 1.29 is 0 Å². The van der Waals surface area contributed by atoms with E-state index in [-0.39, 0.29) is 0 Å². The van der Waals surface area contributed by atoms with E-state index < -0.39 is 0 Å². The minimum absolute atomic E-state index is 0.508. The first-order valence-corrected chi connectivity index (χ1v) is 7.41. The Labute approximate surface area is 127 Å². The van der Waals surface area contributed by atoms with Gasteiger partial charge in [0.2, 0.25) is 0 Å². The van der Waals surface area contributed by atoms with Crippen LogP contribution in [-0.2, 0) is 12.4 Å². The van der Waals surface area contributed by atoms with E-state index in [1.165, 1.54) is 5.56 Å². The largest absolute Gasteiger partial charge is 0.355 e. The second kappa shape index (κ2) is 6.40. The Morgan fingerprint density at radius 1 is 1.26 bits per heavy atom. The molecule has 2 rings (SSSR count). The molecule has 0 aliphatic carbocycles. The average molecular weight is 340 g/mol. The molecule has 2 aromatic rings. The molecule has 1 aromatic carbocycles. The number of pyridine rings is 1. The van der Waals surface area contributed by atoms with Crippen molar-refractivity contribution in [1.29, 1.82) is 0 Å². The lowest BCUT2D eigenvalue weighted by atomic mass is 10.2. The molecule has 0 fully saturated rings. The predicted octanol–water partition coefficient (Wildman–Crippen LogP) is 4.53. The lowest BCUT2D eigenvalue weighted by molar-refractivity contribution is 0.888. The van der Waals surface area contributed by atoms with Crippen LogP contribution in [0, 0.1) is 6.92 Å². The lowest BCUT2D eigenvalue weighted by Crippen LogP contribution is -2.18. The van der Waals surface area contributed by atoms with Gasteiger partial charge in [-0.15, -0.1) is 11.6 Å². The number of aromatic nitrogens is 1. The Morgan fingerprint density at radius 2 is 2.05 bits per heavy atom. The van der Waals surface area contributed by atoms with Crippen molar-refractivity contribution in [3.63, 3.8) is 0 Å². The molecule has 0 saturated carbocycles. The summed E-state index contributed by atoms with van der Waals surface area (Å²) in [7, 11) is 2.04. The van der Waals surface area contributed by atoms with Gasteiger partial charge in [0.1, 0.15) is 5.82 Å². The van der Waals surface area contributed by atoms with Crippen LogP contribution in [0.3, 0.4) is 0 Å². The zero-order chi connectivity index (χ0) is 13.8. The van der Waals surface area contributed by atoms with E-state index >= 15 is 0 Å². The quantitative estimate of drug-likeness (QED) is 0.761. The van der Waals surface area contributed by atoms with Crippen molar-refractivity contribution in [3.8, 4) is 0 Å². The third kappa shape index (κ3) is 3.71. The van der Waals surface area contributed by atoms with Crippen molar-refractivity contribution in [2.45, 2.75) is 19.3 Å². The van der Waals surface area contributed by atoms with Crippen molar-refractivity contribution in [1.82, 2.24) is 4.98 Å². The number of halogens is 2. The molecule has 0 bridgehead atoms. The van der Waals surface area contributed by atoms with E-state index in [4.69, 9.17) is 11.6 Å². The number of hydrogen-bond donors (Lipinski definition) is 0. The first-order valence-electron chi connectivity index (χ1n) is 6.08. The number of nitrogens with zero attached hydrogens (tertiary/aromatic N) is 2. The molecule has 2 nitrogen and oxygen atoms in total. The van der Waals surface area contributed by atoms with Gasteiger partial charge in [-0.2, -0.15) is 0 Å². The van der Waals surface area contributed by atoms with E-state index in [1.807, 2.05) is 38.2 Å². The molecule has 0 N–H and O–H groups in total.